The predicted molar refractivity (Wildman–Crippen MR) is 25.8 cm³/mol. The van der Waals surface area contributed by atoms with Crippen molar-refractivity contribution in [1.29, 1.82) is 0 Å². The molecule has 0 amide bonds. The van der Waals surface area contributed by atoms with Crippen LogP contribution in [0.1, 0.15) is 0 Å². The minimum atomic E-state index is -1.88. The Morgan fingerprint density at radius 3 is 2.33 bits per heavy atom. The first-order valence-corrected chi connectivity index (χ1v) is 2.74. The van der Waals surface area contributed by atoms with Gasteiger partial charge in [0.15, 0.2) is 11.1 Å². The van der Waals surface area contributed by atoms with Gasteiger partial charge in [0.25, 0.3) is 0 Å². The normalized spacial score (nSPS) is 15.7. The Bertz CT molecular complexity index is 79.6. The summed E-state index contributed by atoms with van der Waals surface area (Å²) >= 11 is 2.98. The van der Waals surface area contributed by atoms with Gasteiger partial charge in [-0.15, -0.1) is 0 Å². The van der Waals surface area contributed by atoms with Gasteiger partial charge in [-0.25, -0.2) is 4.21 Å². The molecule has 0 radical (unpaired) electrons. The van der Waals surface area contributed by atoms with Gasteiger partial charge in [-0.3, -0.25) is 0 Å². The van der Waals surface area contributed by atoms with Crippen LogP contribution >= 0.6 is 11.6 Å². The molecule has 0 aliphatic rings. The molecule has 0 saturated carbocycles. The maximum absolute atomic E-state index is 9.54. The highest BCUT2D eigenvalue weighted by molar-refractivity contribution is 7.82. The molecular formula is C2H3ClO2S. The van der Waals surface area contributed by atoms with Gasteiger partial charge in [-0.05, 0) is 0 Å². The molecule has 0 fully saturated rings. The molecule has 0 rings (SSSR count). The Morgan fingerprint density at radius 1 is 1.83 bits per heavy atom. The van der Waals surface area contributed by atoms with E-state index in [1.807, 2.05) is 0 Å². The molecule has 2 nitrogen and oxygen atoms in total. The summed E-state index contributed by atoms with van der Waals surface area (Å²) in [5, 5.41) is 0.960. The summed E-state index contributed by atoms with van der Waals surface area (Å²) in [7, 11) is 0. The maximum Gasteiger partial charge on any atom is 0.179 e. The smallest absolute Gasteiger partial charge is 0.179 e. The third kappa shape index (κ3) is 4.14. The fourth-order valence-corrected chi connectivity index (χ4v) is 0.396. The fourth-order valence-electron chi connectivity index (χ4n) is 0.0440. The van der Waals surface area contributed by atoms with Gasteiger partial charge < -0.3 is 4.55 Å². The standard InChI is InChI=1S/C2H3ClO2S/c3-1-2-6(4)5/h1-2H,(H,4,5). The molecule has 1 atom stereocenters. The van der Waals surface area contributed by atoms with Crippen LogP contribution in [-0.2, 0) is 11.1 Å². The van der Waals surface area contributed by atoms with Gasteiger partial charge in [-0.1, -0.05) is 11.6 Å². The molecule has 0 aliphatic heterocycles. The van der Waals surface area contributed by atoms with Crippen molar-refractivity contribution in [3.05, 3.63) is 10.9 Å². The zero-order valence-corrected chi connectivity index (χ0v) is 4.37. The van der Waals surface area contributed by atoms with Crippen LogP contribution in [0.25, 0.3) is 0 Å². The summed E-state index contributed by atoms with van der Waals surface area (Å²) in [4.78, 5) is 0. The van der Waals surface area contributed by atoms with Gasteiger partial charge in [0, 0.05) is 10.9 Å². The van der Waals surface area contributed by atoms with E-state index in [1.165, 1.54) is 0 Å². The van der Waals surface area contributed by atoms with E-state index in [0.29, 0.717) is 0 Å². The predicted octanol–water partition coefficient (Wildman–Crippen LogP) is 0.918. The van der Waals surface area contributed by atoms with E-state index in [1.54, 1.807) is 0 Å². The summed E-state index contributed by atoms with van der Waals surface area (Å²) in [5.41, 5.74) is 0.996. The molecule has 0 aromatic carbocycles. The number of rotatable bonds is 1. The number of hydrogen-bond donors (Lipinski definition) is 1. The van der Waals surface area contributed by atoms with Crippen molar-refractivity contribution in [2.75, 3.05) is 0 Å². The van der Waals surface area contributed by atoms with Crippen molar-refractivity contribution < 1.29 is 8.76 Å². The average Bonchev–Trinajstić information content (AvgIpc) is 1.35. The molecular weight excluding hydrogens is 124 g/mol. The fraction of sp³-hybridized carbons (Fsp3) is 0. The highest BCUT2D eigenvalue weighted by Crippen LogP contribution is 1.79. The zero-order valence-electron chi connectivity index (χ0n) is 2.80. The van der Waals surface area contributed by atoms with E-state index >= 15 is 0 Å². The van der Waals surface area contributed by atoms with Gasteiger partial charge in [0.2, 0.25) is 0 Å². The van der Waals surface area contributed by atoms with Crippen molar-refractivity contribution >= 4 is 22.7 Å². The molecule has 0 spiro atoms. The van der Waals surface area contributed by atoms with E-state index in [9.17, 15) is 4.21 Å². The van der Waals surface area contributed by atoms with E-state index in [0.717, 1.165) is 10.9 Å². The van der Waals surface area contributed by atoms with Crippen molar-refractivity contribution in [3.8, 4) is 0 Å². The quantitative estimate of drug-likeness (QED) is 0.531. The topological polar surface area (TPSA) is 37.3 Å². The Labute approximate surface area is 43.1 Å². The van der Waals surface area contributed by atoms with Crippen LogP contribution in [0.5, 0.6) is 0 Å². The lowest BCUT2D eigenvalue weighted by atomic mass is 11.3. The van der Waals surface area contributed by atoms with Crippen LogP contribution in [-0.4, -0.2) is 8.76 Å². The molecule has 0 bridgehead atoms. The first-order valence-electron chi connectivity index (χ1n) is 1.14. The Hall–Kier alpha value is 0.140. The molecule has 6 heavy (non-hydrogen) atoms. The minimum absolute atomic E-state index is 0.960. The first-order chi connectivity index (χ1) is 2.77. The highest BCUT2D eigenvalue weighted by atomic mass is 35.5. The van der Waals surface area contributed by atoms with Crippen LogP contribution in [0.15, 0.2) is 10.9 Å². The number of halogens is 1. The molecule has 36 valence electrons. The summed E-state index contributed by atoms with van der Waals surface area (Å²) in [6.07, 6.45) is 0. The second-order valence-corrected chi connectivity index (χ2v) is 1.61. The molecule has 0 aliphatic carbocycles. The summed E-state index contributed by atoms with van der Waals surface area (Å²) in [6, 6.07) is 0. The SMILES string of the molecule is O=S(O)C=CCl. The van der Waals surface area contributed by atoms with Crippen molar-refractivity contribution in [2.24, 2.45) is 0 Å². The lowest BCUT2D eigenvalue weighted by Crippen LogP contribution is -1.72. The molecule has 4 heteroatoms. The molecule has 1 unspecified atom stereocenters. The average molecular weight is 127 g/mol. The van der Waals surface area contributed by atoms with Crippen LogP contribution in [0.2, 0.25) is 0 Å². The van der Waals surface area contributed by atoms with Crippen molar-refractivity contribution in [1.82, 2.24) is 0 Å². The van der Waals surface area contributed by atoms with Gasteiger partial charge in [-0.2, -0.15) is 0 Å². The summed E-state index contributed by atoms with van der Waals surface area (Å²) in [6.45, 7) is 0. The van der Waals surface area contributed by atoms with Crippen molar-refractivity contribution in [2.45, 2.75) is 0 Å². The van der Waals surface area contributed by atoms with Crippen LogP contribution < -0.4 is 0 Å². The Kier molecular flexibility index (Phi) is 3.41. The van der Waals surface area contributed by atoms with Crippen LogP contribution in [0.4, 0.5) is 0 Å². The minimum Gasteiger partial charge on any atom is -0.303 e. The zero-order chi connectivity index (χ0) is 4.99. The maximum atomic E-state index is 9.54. The van der Waals surface area contributed by atoms with Crippen molar-refractivity contribution in [3.63, 3.8) is 0 Å². The number of hydrogen-bond acceptors (Lipinski definition) is 1. The molecule has 0 aromatic heterocycles. The molecule has 0 aromatic rings. The lowest BCUT2D eigenvalue weighted by Gasteiger charge is -1.68. The molecule has 0 heterocycles. The molecule has 1 N–H and O–H groups in total. The van der Waals surface area contributed by atoms with Gasteiger partial charge in [0.1, 0.15) is 0 Å². The van der Waals surface area contributed by atoms with E-state index in [2.05, 4.69) is 0 Å². The third-order valence-corrected chi connectivity index (χ3v) is 0.812. The highest BCUT2D eigenvalue weighted by Gasteiger charge is 1.73. The molecule has 0 saturated heterocycles. The third-order valence-electron chi connectivity index (χ3n) is 0.168. The summed E-state index contributed by atoms with van der Waals surface area (Å²) < 4.78 is 17.4. The van der Waals surface area contributed by atoms with Gasteiger partial charge in [0.05, 0.1) is 0 Å². The summed E-state index contributed by atoms with van der Waals surface area (Å²) in [5.74, 6) is 0. The lowest BCUT2D eigenvalue weighted by molar-refractivity contribution is 0.574. The Balaban J connectivity index is 3.30. The first kappa shape index (κ1) is 6.14. The van der Waals surface area contributed by atoms with Crippen LogP contribution in [0, 0.1) is 0 Å². The van der Waals surface area contributed by atoms with Gasteiger partial charge >= 0.3 is 0 Å². The van der Waals surface area contributed by atoms with Crippen LogP contribution in [0.3, 0.4) is 0 Å². The second kappa shape index (κ2) is 3.33. The van der Waals surface area contributed by atoms with E-state index in [-0.39, 0.29) is 0 Å². The Morgan fingerprint density at radius 2 is 2.33 bits per heavy atom. The van der Waals surface area contributed by atoms with E-state index in [4.69, 9.17) is 16.2 Å². The monoisotopic (exact) mass is 126 g/mol. The largest absolute Gasteiger partial charge is 0.303 e. The second-order valence-electron chi connectivity index (χ2n) is 0.538. The van der Waals surface area contributed by atoms with E-state index < -0.39 is 11.1 Å².